The lowest BCUT2D eigenvalue weighted by Crippen LogP contribution is -2.24. The fourth-order valence-corrected chi connectivity index (χ4v) is 1.80. The van der Waals surface area contributed by atoms with Gasteiger partial charge >= 0.3 is 0 Å². The van der Waals surface area contributed by atoms with Gasteiger partial charge in [0.1, 0.15) is 6.29 Å². The molecule has 96 valence electrons. The Hall–Kier alpha value is 0.110. The molecule has 0 rings (SSSR count). The van der Waals surface area contributed by atoms with E-state index in [1.54, 1.807) is 0 Å². The molecule has 0 amide bonds. The predicted octanol–water partition coefficient (Wildman–Crippen LogP) is 3.96. The van der Waals surface area contributed by atoms with Crippen molar-refractivity contribution >= 4 is 22.2 Å². The van der Waals surface area contributed by atoms with E-state index >= 15 is 0 Å². The van der Waals surface area contributed by atoms with Gasteiger partial charge < -0.3 is 9.53 Å². The summed E-state index contributed by atoms with van der Waals surface area (Å²) in [4.78, 5) is 10.9. The SMILES string of the molecule is CC(C)(C)OCC(C=O)CCCCCCBr. The predicted molar refractivity (Wildman–Crippen MR) is 72.1 cm³/mol. The summed E-state index contributed by atoms with van der Waals surface area (Å²) < 4.78 is 5.62. The van der Waals surface area contributed by atoms with E-state index in [-0.39, 0.29) is 11.5 Å². The summed E-state index contributed by atoms with van der Waals surface area (Å²) in [6.07, 6.45) is 6.81. The molecule has 0 radical (unpaired) electrons. The second kappa shape index (κ2) is 9.17. The van der Waals surface area contributed by atoms with Gasteiger partial charge in [-0.15, -0.1) is 0 Å². The Balaban J connectivity index is 3.56. The number of hydrogen-bond donors (Lipinski definition) is 0. The van der Waals surface area contributed by atoms with E-state index in [0.29, 0.717) is 6.61 Å². The monoisotopic (exact) mass is 292 g/mol. The molecule has 0 spiro atoms. The topological polar surface area (TPSA) is 26.3 Å². The number of carbonyl (C=O) groups excluding carboxylic acids is 1. The first-order valence-corrected chi connectivity index (χ1v) is 7.27. The fourth-order valence-electron chi connectivity index (χ4n) is 1.40. The van der Waals surface area contributed by atoms with Crippen LogP contribution in [0.15, 0.2) is 0 Å². The Morgan fingerprint density at radius 2 is 1.81 bits per heavy atom. The van der Waals surface area contributed by atoms with Crippen molar-refractivity contribution < 1.29 is 9.53 Å². The zero-order valence-electron chi connectivity index (χ0n) is 10.8. The maximum absolute atomic E-state index is 10.9. The van der Waals surface area contributed by atoms with Crippen molar-refractivity contribution in [2.75, 3.05) is 11.9 Å². The number of halogens is 1. The molecule has 1 unspecified atom stereocenters. The van der Waals surface area contributed by atoms with Crippen molar-refractivity contribution in [3.05, 3.63) is 0 Å². The molecule has 2 nitrogen and oxygen atoms in total. The first-order chi connectivity index (χ1) is 7.49. The molecule has 0 N–H and O–H groups in total. The summed E-state index contributed by atoms with van der Waals surface area (Å²) >= 11 is 3.41. The van der Waals surface area contributed by atoms with Crippen LogP contribution in [0, 0.1) is 5.92 Å². The molecule has 3 heteroatoms. The Morgan fingerprint density at radius 3 is 2.31 bits per heavy atom. The van der Waals surface area contributed by atoms with Gasteiger partial charge in [0.15, 0.2) is 0 Å². The number of carbonyl (C=O) groups is 1. The maximum atomic E-state index is 10.9. The van der Waals surface area contributed by atoms with Crippen molar-refractivity contribution in [1.29, 1.82) is 0 Å². The van der Waals surface area contributed by atoms with Crippen molar-refractivity contribution in [3.8, 4) is 0 Å². The van der Waals surface area contributed by atoms with Crippen molar-refractivity contribution in [2.45, 2.75) is 58.5 Å². The highest BCUT2D eigenvalue weighted by Gasteiger charge is 2.14. The third-order valence-electron chi connectivity index (χ3n) is 2.38. The largest absolute Gasteiger partial charge is 0.375 e. The molecule has 0 aromatic rings. The molecule has 0 heterocycles. The van der Waals surface area contributed by atoms with Gasteiger partial charge in [-0.1, -0.05) is 35.2 Å². The smallest absolute Gasteiger partial charge is 0.125 e. The normalized spacial score (nSPS) is 13.8. The zero-order chi connectivity index (χ0) is 12.4. The number of rotatable bonds is 9. The molecule has 0 fully saturated rings. The van der Waals surface area contributed by atoms with Crippen LogP contribution in [-0.2, 0) is 9.53 Å². The van der Waals surface area contributed by atoms with Gasteiger partial charge in [-0.2, -0.15) is 0 Å². The lowest BCUT2D eigenvalue weighted by atomic mass is 10.0. The first-order valence-electron chi connectivity index (χ1n) is 6.15. The lowest BCUT2D eigenvalue weighted by Gasteiger charge is -2.21. The Kier molecular flexibility index (Phi) is 9.24. The van der Waals surface area contributed by atoms with Gasteiger partial charge in [-0.05, 0) is 33.6 Å². The molecular weight excluding hydrogens is 268 g/mol. The van der Waals surface area contributed by atoms with Crippen molar-refractivity contribution in [1.82, 2.24) is 0 Å². The van der Waals surface area contributed by atoms with E-state index in [9.17, 15) is 4.79 Å². The number of alkyl halides is 1. The minimum absolute atomic E-state index is 0.0724. The second-order valence-electron chi connectivity index (χ2n) is 5.21. The van der Waals surface area contributed by atoms with Crippen LogP contribution in [-0.4, -0.2) is 23.8 Å². The van der Waals surface area contributed by atoms with Crippen LogP contribution in [0.25, 0.3) is 0 Å². The Morgan fingerprint density at radius 1 is 1.19 bits per heavy atom. The van der Waals surface area contributed by atoms with E-state index in [1.165, 1.54) is 19.3 Å². The fraction of sp³-hybridized carbons (Fsp3) is 0.923. The summed E-state index contributed by atoms with van der Waals surface area (Å²) in [5.74, 6) is 0.0724. The van der Waals surface area contributed by atoms with Crippen LogP contribution >= 0.6 is 15.9 Å². The molecule has 1 atom stereocenters. The number of hydrogen-bond acceptors (Lipinski definition) is 2. The van der Waals surface area contributed by atoms with E-state index < -0.39 is 0 Å². The third kappa shape index (κ3) is 10.6. The van der Waals surface area contributed by atoms with E-state index in [2.05, 4.69) is 15.9 Å². The molecule has 0 saturated heterocycles. The minimum atomic E-state index is -0.142. The number of unbranched alkanes of at least 4 members (excludes halogenated alkanes) is 3. The molecule has 0 saturated carbocycles. The molecule has 0 aliphatic carbocycles. The average Bonchev–Trinajstić information content (AvgIpc) is 2.21. The van der Waals surface area contributed by atoms with Crippen LogP contribution in [0.1, 0.15) is 52.9 Å². The zero-order valence-corrected chi connectivity index (χ0v) is 12.4. The van der Waals surface area contributed by atoms with Crippen LogP contribution in [0.5, 0.6) is 0 Å². The second-order valence-corrected chi connectivity index (χ2v) is 6.00. The van der Waals surface area contributed by atoms with Crippen LogP contribution in [0.2, 0.25) is 0 Å². The van der Waals surface area contributed by atoms with E-state index in [0.717, 1.165) is 24.5 Å². The standard InChI is InChI=1S/C13H25BrO2/c1-13(2,3)16-11-12(10-15)8-6-4-5-7-9-14/h10,12H,4-9,11H2,1-3H3. The molecule has 0 aromatic heterocycles. The Labute approximate surface area is 108 Å². The average molecular weight is 293 g/mol. The van der Waals surface area contributed by atoms with E-state index in [1.807, 2.05) is 20.8 Å². The summed E-state index contributed by atoms with van der Waals surface area (Å²) in [5, 5.41) is 1.08. The van der Waals surface area contributed by atoms with Crippen LogP contribution in [0.3, 0.4) is 0 Å². The molecule has 0 aliphatic rings. The summed E-state index contributed by atoms with van der Waals surface area (Å²) in [6.45, 7) is 6.62. The van der Waals surface area contributed by atoms with Crippen molar-refractivity contribution in [2.24, 2.45) is 5.92 Å². The first kappa shape index (κ1) is 16.1. The molecule has 16 heavy (non-hydrogen) atoms. The van der Waals surface area contributed by atoms with Gasteiger partial charge in [0.2, 0.25) is 0 Å². The molecule has 0 aromatic carbocycles. The van der Waals surface area contributed by atoms with Crippen LogP contribution in [0.4, 0.5) is 0 Å². The van der Waals surface area contributed by atoms with Gasteiger partial charge in [-0.3, -0.25) is 0 Å². The minimum Gasteiger partial charge on any atom is -0.375 e. The highest BCUT2D eigenvalue weighted by Crippen LogP contribution is 2.14. The highest BCUT2D eigenvalue weighted by atomic mass is 79.9. The summed E-state index contributed by atoms with van der Waals surface area (Å²) in [7, 11) is 0. The van der Waals surface area contributed by atoms with E-state index in [4.69, 9.17) is 4.74 Å². The van der Waals surface area contributed by atoms with Crippen LogP contribution < -0.4 is 0 Å². The quantitative estimate of drug-likeness (QED) is 0.365. The maximum Gasteiger partial charge on any atom is 0.125 e. The number of aldehydes is 1. The number of ether oxygens (including phenoxy) is 1. The van der Waals surface area contributed by atoms with Gasteiger partial charge in [0, 0.05) is 11.2 Å². The Bertz CT molecular complexity index is 175. The lowest BCUT2D eigenvalue weighted by molar-refractivity contribution is -0.115. The van der Waals surface area contributed by atoms with Gasteiger partial charge in [-0.25, -0.2) is 0 Å². The van der Waals surface area contributed by atoms with Gasteiger partial charge in [0.25, 0.3) is 0 Å². The van der Waals surface area contributed by atoms with Gasteiger partial charge in [0.05, 0.1) is 12.2 Å². The molecular formula is C13H25BrO2. The van der Waals surface area contributed by atoms with Crippen molar-refractivity contribution in [3.63, 3.8) is 0 Å². The third-order valence-corrected chi connectivity index (χ3v) is 2.94. The summed E-state index contributed by atoms with van der Waals surface area (Å²) in [6, 6.07) is 0. The molecule has 0 bridgehead atoms. The highest BCUT2D eigenvalue weighted by molar-refractivity contribution is 9.09. The molecule has 0 aliphatic heterocycles. The summed E-state index contributed by atoms with van der Waals surface area (Å²) in [5.41, 5.74) is -0.142.